The quantitative estimate of drug-likeness (QED) is 0.764. The molecule has 6 nitrogen and oxygen atoms in total. The molecule has 0 bridgehead atoms. The normalized spacial score (nSPS) is 25.3. The molecular weight excluding hydrogens is 378 g/mol. The molecule has 2 aromatic heterocycles. The predicted molar refractivity (Wildman–Crippen MR) is 103 cm³/mol. The zero-order chi connectivity index (χ0) is 17.4. The van der Waals surface area contributed by atoms with Gasteiger partial charge in [0.15, 0.2) is 5.17 Å². The van der Waals surface area contributed by atoms with Crippen molar-refractivity contribution in [2.24, 2.45) is 4.99 Å². The van der Waals surface area contributed by atoms with Crippen molar-refractivity contribution >= 4 is 51.7 Å². The summed E-state index contributed by atoms with van der Waals surface area (Å²) in [6.45, 7) is 0. The Balaban J connectivity index is 1.45. The van der Waals surface area contributed by atoms with Crippen LogP contribution in [0.1, 0.15) is 28.9 Å². The average molecular weight is 394 g/mol. The molecule has 9 heteroatoms. The zero-order valence-electron chi connectivity index (χ0n) is 13.2. The number of hydrogen-bond donors (Lipinski definition) is 2. The van der Waals surface area contributed by atoms with Crippen molar-refractivity contribution in [1.29, 1.82) is 0 Å². The number of hydrogen-bond acceptors (Lipinski definition) is 7. The van der Waals surface area contributed by atoms with E-state index in [-0.39, 0.29) is 23.3 Å². The number of anilines is 1. The van der Waals surface area contributed by atoms with Gasteiger partial charge in [0.05, 0.1) is 21.5 Å². The van der Waals surface area contributed by atoms with E-state index in [1.54, 1.807) is 30.1 Å². The molecular formula is C16H16ClN5OS2. The molecule has 1 aliphatic heterocycles. The number of nitrogens with two attached hydrogens (primary N) is 1. The van der Waals surface area contributed by atoms with E-state index in [4.69, 9.17) is 17.3 Å². The van der Waals surface area contributed by atoms with Gasteiger partial charge in [-0.15, -0.1) is 22.9 Å². The minimum atomic E-state index is -0.148. The number of nitrogens with zero attached hydrogens (tertiary/aromatic N) is 3. The number of fused-ring (bicyclic) bond motifs is 1. The van der Waals surface area contributed by atoms with E-state index in [0.29, 0.717) is 21.0 Å². The summed E-state index contributed by atoms with van der Waals surface area (Å²) >= 11 is 9.24. The van der Waals surface area contributed by atoms with E-state index in [9.17, 15) is 4.79 Å². The second kappa shape index (κ2) is 6.93. The van der Waals surface area contributed by atoms with Crippen LogP contribution in [0.4, 0.5) is 5.95 Å². The fourth-order valence-electron chi connectivity index (χ4n) is 3.00. The highest BCUT2D eigenvalue weighted by Gasteiger charge is 2.36. The number of nitrogen functional groups attached to an aromatic ring is 1. The van der Waals surface area contributed by atoms with E-state index in [1.165, 1.54) is 11.3 Å². The van der Waals surface area contributed by atoms with Gasteiger partial charge in [-0.25, -0.2) is 9.97 Å². The fourth-order valence-corrected chi connectivity index (χ4v) is 5.39. The van der Waals surface area contributed by atoms with Crippen molar-refractivity contribution in [3.63, 3.8) is 0 Å². The molecule has 2 aliphatic rings. The van der Waals surface area contributed by atoms with Crippen LogP contribution in [0.5, 0.6) is 0 Å². The van der Waals surface area contributed by atoms with E-state index in [1.807, 2.05) is 6.07 Å². The maximum absolute atomic E-state index is 12.5. The van der Waals surface area contributed by atoms with Crippen LogP contribution in [0.15, 0.2) is 29.4 Å². The molecule has 1 fully saturated rings. The summed E-state index contributed by atoms with van der Waals surface area (Å²) in [5.74, 6) is 0.0689. The Labute approximate surface area is 158 Å². The molecule has 3 atom stereocenters. The Morgan fingerprint density at radius 1 is 1.32 bits per heavy atom. The summed E-state index contributed by atoms with van der Waals surface area (Å²) < 4.78 is 0. The number of aromatic nitrogens is 2. The molecule has 25 heavy (non-hydrogen) atoms. The van der Waals surface area contributed by atoms with Crippen LogP contribution in [0.2, 0.25) is 0 Å². The first kappa shape index (κ1) is 16.8. The highest BCUT2D eigenvalue weighted by molar-refractivity contribution is 8.14. The number of amides is 1. The highest BCUT2D eigenvalue weighted by Crippen LogP contribution is 2.38. The number of rotatable bonds is 2. The second-order valence-electron chi connectivity index (χ2n) is 5.99. The van der Waals surface area contributed by atoms with Gasteiger partial charge in [0, 0.05) is 16.8 Å². The van der Waals surface area contributed by atoms with Crippen molar-refractivity contribution < 1.29 is 4.79 Å². The molecule has 2 unspecified atom stereocenters. The average Bonchev–Trinajstić information content (AvgIpc) is 3.21. The molecule has 1 aliphatic carbocycles. The van der Waals surface area contributed by atoms with E-state index in [2.05, 4.69) is 20.3 Å². The second-order valence-corrected chi connectivity index (χ2v) is 8.92. The first-order chi connectivity index (χ1) is 12.1. The van der Waals surface area contributed by atoms with Gasteiger partial charge < -0.3 is 11.1 Å². The maximum atomic E-state index is 12.5. The van der Waals surface area contributed by atoms with Crippen LogP contribution in [0.25, 0.3) is 10.6 Å². The van der Waals surface area contributed by atoms with Crippen LogP contribution < -0.4 is 11.1 Å². The lowest BCUT2D eigenvalue weighted by molar-refractivity contribution is 0.0982. The van der Waals surface area contributed by atoms with Crippen LogP contribution >= 0.6 is 34.7 Å². The van der Waals surface area contributed by atoms with Gasteiger partial charge in [-0.05, 0) is 37.5 Å². The van der Waals surface area contributed by atoms with Crippen molar-refractivity contribution in [2.45, 2.75) is 35.9 Å². The largest absolute Gasteiger partial charge is 0.368 e. The molecule has 3 N–H and O–H groups in total. The first-order valence-corrected chi connectivity index (χ1v) is 10.1. The van der Waals surface area contributed by atoms with Crippen LogP contribution in [0, 0.1) is 0 Å². The molecule has 1 saturated carbocycles. The molecule has 2 aromatic rings. The van der Waals surface area contributed by atoms with Gasteiger partial charge in [0.1, 0.15) is 0 Å². The Bertz CT molecular complexity index is 839. The monoisotopic (exact) mass is 393 g/mol. The third kappa shape index (κ3) is 3.65. The van der Waals surface area contributed by atoms with Crippen LogP contribution in [-0.4, -0.2) is 37.7 Å². The molecule has 0 radical (unpaired) electrons. The standard InChI is InChI=1S/C16H16ClN5OS2/c17-8-1-2-12-10(7-8)21-16(25-12)22-14(23)13-4-3-11(24-13)9-5-6-19-15(18)20-9/h3-6,8,10,12H,1-2,7H2,(H2,18,19,20)(H,21,22,23)/t8-,10?,12?/m1/s1. The van der Waals surface area contributed by atoms with Crippen LogP contribution in [-0.2, 0) is 0 Å². The minimum absolute atomic E-state index is 0.148. The Hall–Kier alpha value is -1.64. The van der Waals surface area contributed by atoms with Crippen molar-refractivity contribution in [3.05, 3.63) is 29.3 Å². The Morgan fingerprint density at radius 2 is 2.20 bits per heavy atom. The fraction of sp³-hybridized carbons (Fsp3) is 0.375. The highest BCUT2D eigenvalue weighted by atomic mass is 35.5. The number of nitrogens with one attached hydrogen (secondary N) is 1. The Kier molecular flexibility index (Phi) is 4.66. The van der Waals surface area contributed by atoms with Crippen molar-refractivity contribution in [3.8, 4) is 10.6 Å². The number of thioether (sulfide) groups is 1. The third-order valence-corrected chi connectivity index (χ3v) is 7.00. The predicted octanol–water partition coefficient (Wildman–Crippen LogP) is 3.15. The lowest BCUT2D eigenvalue weighted by Gasteiger charge is -2.25. The SMILES string of the molecule is Nc1nccc(-c2ccc(C(=O)NC3=NC4C[C@H](Cl)CCC4S3)s2)n1. The van der Waals surface area contributed by atoms with Gasteiger partial charge in [-0.3, -0.25) is 9.79 Å². The molecule has 1 amide bonds. The third-order valence-electron chi connectivity index (χ3n) is 4.21. The number of carbonyl (C=O) groups is 1. The van der Waals surface area contributed by atoms with E-state index >= 15 is 0 Å². The molecule has 130 valence electrons. The number of amidine groups is 1. The van der Waals surface area contributed by atoms with E-state index in [0.717, 1.165) is 24.1 Å². The molecule has 4 rings (SSSR count). The first-order valence-electron chi connectivity index (χ1n) is 7.97. The summed E-state index contributed by atoms with van der Waals surface area (Å²) in [4.78, 5) is 26.7. The van der Waals surface area contributed by atoms with Crippen LogP contribution in [0.3, 0.4) is 0 Å². The maximum Gasteiger partial charge on any atom is 0.267 e. The van der Waals surface area contributed by atoms with Crippen molar-refractivity contribution in [1.82, 2.24) is 15.3 Å². The van der Waals surface area contributed by atoms with Gasteiger partial charge in [0.2, 0.25) is 5.95 Å². The minimum Gasteiger partial charge on any atom is -0.368 e. The topological polar surface area (TPSA) is 93.3 Å². The van der Waals surface area contributed by atoms with Crippen molar-refractivity contribution in [2.75, 3.05) is 5.73 Å². The van der Waals surface area contributed by atoms with Gasteiger partial charge >= 0.3 is 0 Å². The Morgan fingerprint density at radius 3 is 3.04 bits per heavy atom. The molecule has 3 heterocycles. The molecule has 0 aromatic carbocycles. The lowest BCUT2D eigenvalue weighted by Crippen LogP contribution is -2.28. The van der Waals surface area contributed by atoms with Gasteiger partial charge in [-0.2, -0.15) is 0 Å². The number of alkyl halides is 1. The molecule has 0 saturated heterocycles. The number of halogens is 1. The number of thiophene rings is 1. The van der Waals surface area contributed by atoms with Gasteiger partial charge in [-0.1, -0.05) is 11.8 Å². The summed E-state index contributed by atoms with van der Waals surface area (Å²) in [6, 6.07) is 5.64. The summed E-state index contributed by atoms with van der Waals surface area (Å²) in [5, 5.41) is 4.26. The zero-order valence-corrected chi connectivity index (χ0v) is 15.6. The number of carbonyl (C=O) groups excluding carboxylic acids is 1. The molecule has 0 spiro atoms. The van der Waals surface area contributed by atoms with Gasteiger partial charge in [0.25, 0.3) is 5.91 Å². The summed E-state index contributed by atoms with van der Waals surface area (Å²) in [6.07, 6.45) is 4.55. The smallest absolute Gasteiger partial charge is 0.267 e. The summed E-state index contributed by atoms with van der Waals surface area (Å²) in [5.41, 5.74) is 6.33. The van der Waals surface area contributed by atoms with E-state index < -0.39 is 0 Å². The summed E-state index contributed by atoms with van der Waals surface area (Å²) in [7, 11) is 0. The number of aliphatic imine (C=N–C) groups is 1. The lowest BCUT2D eigenvalue weighted by atomic mass is 9.95.